The molecular formula is C10H11NO3S. The average molecular weight is 225 g/mol. The van der Waals surface area contributed by atoms with Crippen molar-refractivity contribution in [2.24, 2.45) is 0 Å². The van der Waals surface area contributed by atoms with Gasteiger partial charge in [0.1, 0.15) is 0 Å². The van der Waals surface area contributed by atoms with E-state index in [2.05, 4.69) is 0 Å². The van der Waals surface area contributed by atoms with Gasteiger partial charge in [0.05, 0.1) is 5.56 Å². The summed E-state index contributed by atoms with van der Waals surface area (Å²) in [6.45, 7) is 0. The summed E-state index contributed by atoms with van der Waals surface area (Å²) in [7, 11) is 3.34. The highest BCUT2D eigenvalue weighted by molar-refractivity contribution is 8.13. The van der Waals surface area contributed by atoms with E-state index in [1.54, 1.807) is 26.2 Å². The van der Waals surface area contributed by atoms with Crippen LogP contribution in [0.4, 0.5) is 4.79 Å². The van der Waals surface area contributed by atoms with Crippen molar-refractivity contribution in [3.8, 4) is 0 Å². The quantitative estimate of drug-likeness (QED) is 0.783. The van der Waals surface area contributed by atoms with Crippen LogP contribution in [0.15, 0.2) is 29.2 Å². The second kappa shape index (κ2) is 4.84. The van der Waals surface area contributed by atoms with Gasteiger partial charge in [-0.1, -0.05) is 0 Å². The molecule has 1 N–H and O–H groups in total. The normalized spacial score (nSPS) is 9.73. The Balaban J connectivity index is 2.73. The SMILES string of the molecule is CN(C)C(=O)Sc1ccc(C(=O)O)cc1. The third-order valence-electron chi connectivity index (χ3n) is 1.67. The van der Waals surface area contributed by atoms with Crippen LogP contribution in [-0.2, 0) is 0 Å². The van der Waals surface area contributed by atoms with Crippen molar-refractivity contribution in [2.45, 2.75) is 4.90 Å². The minimum Gasteiger partial charge on any atom is -0.478 e. The standard InChI is InChI=1S/C10H11NO3S/c1-11(2)10(14)15-8-5-3-7(4-6-8)9(12)13/h3-6H,1-2H3,(H,12,13). The molecule has 0 radical (unpaired) electrons. The first kappa shape index (κ1) is 11.6. The number of carboxylic acids is 1. The average Bonchev–Trinajstić information content (AvgIpc) is 2.18. The summed E-state index contributed by atoms with van der Waals surface area (Å²) >= 11 is 1.07. The van der Waals surface area contributed by atoms with Gasteiger partial charge in [0, 0.05) is 19.0 Å². The molecule has 1 amide bonds. The zero-order valence-corrected chi connectivity index (χ0v) is 9.25. The first-order valence-electron chi connectivity index (χ1n) is 4.23. The van der Waals surface area contributed by atoms with Crippen molar-refractivity contribution in [1.82, 2.24) is 4.90 Å². The Morgan fingerprint density at radius 1 is 1.20 bits per heavy atom. The molecule has 0 bridgehead atoms. The van der Waals surface area contributed by atoms with E-state index in [-0.39, 0.29) is 10.8 Å². The summed E-state index contributed by atoms with van der Waals surface area (Å²) in [5.74, 6) is -0.967. The molecule has 0 unspecified atom stereocenters. The number of amides is 1. The number of carbonyl (C=O) groups excluding carboxylic acids is 1. The van der Waals surface area contributed by atoms with Crippen LogP contribution in [-0.4, -0.2) is 35.3 Å². The van der Waals surface area contributed by atoms with Crippen molar-refractivity contribution < 1.29 is 14.7 Å². The lowest BCUT2D eigenvalue weighted by Crippen LogP contribution is -2.15. The van der Waals surface area contributed by atoms with Gasteiger partial charge >= 0.3 is 5.97 Å². The van der Waals surface area contributed by atoms with E-state index in [1.165, 1.54) is 17.0 Å². The Morgan fingerprint density at radius 2 is 1.73 bits per heavy atom. The maximum Gasteiger partial charge on any atom is 0.335 e. The van der Waals surface area contributed by atoms with E-state index in [1.807, 2.05) is 0 Å². The summed E-state index contributed by atoms with van der Waals surface area (Å²) in [6.07, 6.45) is 0. The number of nitrogens with zero attached hydrogens (tertiary/aromatic N) is 1. The fourth-order valence-corrected chi connectivity index (χ4v) is 1.51. The fourth-order valence-electron chi connectivity index (χ4n) is 0.858. The molecule has 0 atom stereocenters. The van der Waals surface area contributed by atoms with Crippen molar-refractivity contribution >= 4 is 23.0 Å². The number of carboxylic acid groups (broad SMARTS) is 1. The molecule has 0 fully saturated rings. The molecule has 1 rings (SSSR count). The van der Waals surface area contributed by atoms with Crippen LogP contribution in [0, 0.1) is 0 Å². The fraction of sp³-hybridized carbons (Fsp3) is 0.200. The van der Waals surface area contributed by atoms with Gasteiger partial charge in [-0.25, -0.2) is 4.79 Å². The van der Waals surface area contributed by atoms with Gasteiger partial charge < -0.3 is 10.0 Å². The van der Waals surface area contributed by atoms with E-state index < -0.39 is 5.97 Å². The monoisotopic (exact) mass is 225 g/mol. The third kappa shape index (κ3) is 3.28. The number of hydrogen-bond acceptors (Lipinski definition) is 3. The Morgan fingerprint density at radius 3 is 2.13 bits per heavy atom. The van der Waals surface area contributed by atoms with Crippen molar-refractivity contribution in [3.63, 3.8) is 0 Å². The van der Waals surface area contributed by atoms with Crippen LogP contribution in [0.25, 0.3) is 0 Å². The van der Waals surface area contributed by atoms with E-state index in [0.717, 1.165) is 16.7 Å². The third-order valence-corrected chi connectivity index (χ3v) is 2.72. The lowest BCUT2D eigenvalue weighted by molar-refractivity contribution is 0.0697. The van der Waals surface area contributed by atoms with Gasteiger partial charge in [-0.05, 0) is 36.0 Å². The highest BCUT2D eigenvalue weighted by atomic mass is 32.2. The Labute approximate surface area is 91.9 Å². The highest BCUT2D eigenvalue weighted by Crippen LogP contribution is 2.20. The molecular weight excluding hydrogens is 214 g/mol. The van der Waals surface area contributed by atoms with Gasteiger partial charge in [0.25, 0.3) is 5.24 Å². The van der Waals surface area contributed by atoms with Gasteiger partial charge in [0.2, 0.25) is 0 Å². The molecule has 15 heavy (non-hydrogen) atoms. The van der Waals surface area contributed by atoms with Crippen LogP contribution >= 0.6 is 11.8 Å². The summed E-state index contributed by atoms with van der Waals surface area (Å²) in [4.78, 5) is 24.1. The summed E-state index contributed by atoms with van der Waals surface area (Å²) in [5.41, 5.74) is 0.219. The summed E-state index contributed by atoms with van der Waals surface area (Å²) < 4.78 is 0. The first-order chi connectivity index (χ1) is 7.00. The minimum atomic E-state index is -0.967. The second-order valence-corrected chi connectivity index (χ2v) is 4.12. The summed E-state index contributed by atoms with van der Waals surface area (Å²) in [5, 5.41) is 8.58. The predicted octanol–water partition coefficient (Wildman–Crippen LogP) is 2.16. The largest absolute Gasteiger partial charge is 0.478 e. The number of benzene rings is 1. The first-order valence-corrected chi connectivity index (χ1v) is 5.05. The molecule has 0 heterocycles. The number of aromatic carboxylic acids is 1. The molecule has 0 aromatic heterocycles. The van der Waals surface area contributed by atoms with Gasteiger partial charge in [-0.2, -0.15) is 0 Å². The maximum absolute atomic E-state index is 11.3. The van der Waals surface area contributed by atoms with E-state index in [4.69, 9.17) is 5.11 Å². The highest BCUT2D eigenvalue weighted by Gasteiger charge is 2.07. The lowest BCUT2D eigenvalue weighted by Gasteiger charge is -2.08. The van der Waals surface area contributed by atoms with E-state index in [9.17, 15) is 9.59 Å². The minimum absolute atomic E-state index is 0.0851. The molecule has 5 heteroatoms. The molecule has 4 nitrogen and oxygen atoms in total. The molecule has 0 saturated carbocycles. The molecule has 0 aliphatic carbocycles. The number of thioether (sulfide) groups is 1. The van der Waals surface area contributed by atoms with Crippen LogP contribution < -0.4 is 0 Å². The Hall–Kier alpha value is -1.49. The van der Waals surface area contributed by atoms with E-state index >= 15 is 0 Å². The lowest BCUT2D eigenvalue weighted by atomic mass is 10.2. The van der Waals surface area contributed by atoms with Crippen LogP contribution in [0.3, 0.4) is 0 Å². The molecule has 0 aliphatic heterocycles. The number of rotatable bonds is 2. The van der Waals surface area contributed by atoms with E-state index in [0.29, 0.717) is 0 Å². The second-order valence-electron chi connectivity index (χ2n) is 3.09. The van der Waals surface area contributed by atoms with Crippen molar-refractivity contribution in [1.29, 1.82) is 0 Å². The van der Waals surface area contributed by atoms with Crippen LogP contribution in [0.5, 0.6) is 0 Å². The smallest absolute Gasteiger partial charge is 0.335 e. The Kier molecular flexibility index (Phi) is 3.74. The molecule has 80 valence electrons. The maximum atomic E-state index is 11.3. The van der Waals surface area contributed by atoms with Crippen molar-refractivity contribution in [2.75, 3.05) is 14.1 Å². The molecule has 0 spiro atoms. The zero-order chi connectivity index (χ0) is 11.4. The van der Waals surface area contributed by atoms with Gasteiger partial charge in [-0.15, -0.1) is 0 Å². The topological polar surface area (TPSA) is 57.6 Å². The molecule has 0 aliphatic rings. The predicted molar refractivity (Wildman–Crippen MR) is 58.3 cm³/mol. The van der Waals surface area contributed by atoms with Crippen molar-refractivity contribution in [3.05, 3.63) is 29.8 Å². The molecule has 1 aromatic rings. The zero-order valence-electron chi connectivity index (χ0n) is 8.43. The summed E-state index contributed by atoms with van der Waals surface area (Å²) in [6, 6.07) is 6.20. The van der Waals surface area contributed by atoms with Gasteiger partial charge in [0.15, 0.2) is 0 Å². The number of carbonyl (C=O) groups is 2. The number of hydrogen-bond donors (Lipinski definition) is 1. The van der Waals surface area contributed by atoms with Gasteiger partial charge in [-0.3, -0.25) is 4.79 Å². The van der Waals surface area contributed by atoms with Crippen LogP contribution in [0.1, 0.15) is 10.4 Å². The Bertz CT molecular complexity index is 373. The van der Waals surface area contributed by atoms with Crippen LogP contribution in [0.2, 0.25) is 0 Å². The molecule has 1 aromatic carbocycles. The molecule has 0 saturated heterocycles.